The van der Waals surface area contributed by atoms with Gasteiger partial charge in [-0.25, -0.2) is 4.79 Å². The molecule has 0 radical (unpaired) electrons. The minimum Gasteiger partial charge on any atom is -0.481 e. The molecule has 2 atom stereocenters. The minimum absolute atomic E-state index is 0.0548. The lowest BCUT2D eigenvalue weighted by molar-refractivity contribution is -0.327. The van der Waals surface area contributed by atoms with Gasteiger partial charge in [0.05, 0.1) is 17.0 Å². The van der Waals surface area contributed by atoms with Gasteiger partial charge in [-0.3, -0.25) is 9.63 Å². The molecule has 0 aliphatic carbocycles. The van der Waals surface area contributed by atoms with Crippen LogP contribution in [0.2, 0.25) is 0 Å². The highest BCUT2D eigenvalue weighted by Crippen LogP contribution is 2.53. The number of hydroxylamine groups is 4. The monoisotopic (exact) mass is 372 g/mol. The van der Waals surface area contributed by atoms with Crippen LogP contribution in [0.3, 0.4) is 0 Å². The second-order valence-corrected chi connectivity index (χ2v) is 9.94. The lowest BCUT2D eigenvalue weighted by atomic mass is 9.82. The molecule has 2 unspecified atom stereocenters. The van der Waals surface area contributed by atoms with E-state index in [4.69, 9.17) is 4.84 Å². The highest BCUT2D eigenvalue weighted by molar-refractivity contribution is 5.80. The number of rotatable bonds is 4. The molecule has 2 rings (SSSR count). The van der Waals surface area contributed by atoms with Crippen molar-refractivity contribution < 1.29 is 29.8 Å². The summed E-state index contributed by atoms with van der Waals surface area (Å²) in [7, 11) is 0. The lowest BCUT2D eigenvalue weighted by Crippen LogP contribution is -2.65. The van der Waals surface area contributed by atoms with Crippen LogP contribution in [0.1, 0.15) is 68.2 Å². The van der Waals surface area contributed by atoms with E-state index in [0.717, 1.165) is 5.06 Å². The molecule has 0 spiro atoms. The molecule has 2 heterocycles. The van der Waals surface area contributed by atoms with Crippen LogP contribution in [-0.4, -0.2) is 65.2 Å². The number of carboxylic acids is 2. The van der Waals surface area contributed by atoms with Crippen molar-refractivity contribution in [1.29, 1.82) is 0 Å². The van der Waals surface area contributed by atoms with Gasteiger partial charge in [-0.2, -0.15) is 10.1 Å². The fourth-order valence-corrected chi connectivity index (χ4v) is 4.89. The molecule has 3 N–H and O–H groups in total. The largest absolute Gasteiger partial charge is 0.481 e. The Morgan fingerprint density at radius 2 is 1.46 bits per heavy atom. The normalized spacial score (nSPS) is 35.5. The van der Waals surface area contributed by atoms with Crippen LogP contribution < -0.4 is 0 Å². The summed E-state index contributed by atoms with van der Waals surface area (Å²) in [6, 6.07) is 0. The van der Waals surface area contributed by atoms with E-state index in [1.54, 1.807) is 41.5 Å². The summed E-state index contributed by atoms with van der Waals surface area (Å²) in [5, 5.41) is 32.9. The fraction of sp³-hybridized carbons (Fsp3) is 0.889. The van der Waals surface area contributed by atoms with Crippen LogP contribution in [0.4, 0.5) is 0 Å². The van der Waals surface area contributed by atoms with E-state index in [1.165, 1.54) is 5.06 Å². The van der Waals surface area contributed by atoms with Crippen molar-refractivity contribution in [3.63, 3.8) is 0 Å². The predicted molar refractivity (Wildman–Crippen MR) is 93.6 cm³/mol. The molecular weight excluding hydrogens is 340 g/mol. The third-order valence-corrected chi connectivity index (χ3v) is 6.29. The highest BCUT2D eigenvalue weighted by Gasteiger charge is 2.70. The average molecular weight is 372 g/mol. The molecule has 0 bridgehead atoms. The number of carbonyl (C=O) groups is 2. The van der Waals surface area contributed by atoms with Gasteiger partial charge < -0.3 is 15.4 Å². The van der Waals surface area contributed by atoms with Crippen molar-refractivity contribution in [1.82, 2.24) is 10.1 Å². The first kappa shape index (κ1) is 21.1. The molecule has 2 saturated heterocycles. The number of carboxylic acid groups (broad SMARTS) is 2. The van der Waals surface area contributed by atoms with Crippen molar-refractivity contribution in [2.75, 3.05) is 0 Å². The lowest BCUT2D eigenvalue weighted by Gasteiger charge is -2.47. The third kappa shape index (κ3) is 2.66. The van der Waals surface area contributed by atoms with Crippen molar-refractivity contribution in [2.24, 2.45) is 5.92 Å². The van der Waals surface area contributed by atoms with E-state index in [-0.39, 0.29) is 6.42 Å². The van der Waals surface area contributed by atoms with E-state index in [1.807, 2.05) is 13.8 Å². The zero-order valence-corrected chi connectivity index (χ0v) is 17.0. The molecule has 0 aromatic rings. The molecule has 8 nitrogen and oxygen atoms in total. The maximum absolute atomic E-state index is 12.4. The molecule has 2 fully saturated rings. The Balaban J connectivity index is 2.55. The topological polar surface area (TPSA) is 111 Å². The number of aliphatic carboxylic acids is 2. The summed E-state index contributed by atoms with van der Waals surface area (Å²) < 4.78 is 0. The van der Waals surface area contributed by atoms with Crippen LogP contribution in [-0.2, 0) is 14.4 Å². The molecule has 150 valence electrons. The summed E-state index contributed by atoms with van der Waals surface area (Å²) in [5.74, 6) is -2.82. The van der Waals surface area contributed by atoms with E-state index < -0.39 is 45.6 Å². The van der Waals surface area contributed by atoms with E-state index in [9.17, 15) is 25.0 Å². The van der Waals surface area contributed by atoms with Gasteiger partial charge in [-0.1, -0.05) is 0 Å². The first-order valence-corrected chi connectivity index (χ1v) is 8.88. The van der Waals surface area contributed by atoms with Crippen LogP contribution in [0.5, 0.6) is 0 Å². The van der Waals surface area contributed by atoms with Gasteiger partial charge in [0.2, 0.25) is 5.60 Å². The summed E-state index contributed by atoms with van der Waals surface area (Å²) in [4.78, 5) is 30.4. The van der Waals surface area contributed by atoms with Gasteiger partial charge in [0.1, 0.15) is 0 Å². The molecule has 2 aliphatic rings. The summed E-state index contributed by atoms with van der Waals surface area (Å²) >= 11 is 0. The van der Waals surface area contributed by atoms with Gasteiger partial charge in [0.15, 0.2) is 0 Å². The van der Waals surface area contributed by atoms with Gasteiger partial charge in [0, 0.05) is 17.5 Å². The second-order valence-electron chi connectivity index (χ2n) is 9.94. The Morgan fingerprint density at radius 1 is 0.962 bits per heavy atom. The molecule has 0 saturated carbocycles. The molecular formula is C18H32N2O6. The van der Waals surface area contributed by atoms with Crippen molar-refractivity contribution in [3.05, 3.63) is 0 Å². The third-order valence-electron chi connectivity index (χ3n) is 6.29. The minimum atomic E-state index is -1.73. The molecule has 26 heavy (non-hydrogen) atoms. The van der Waals surface area contributed by atoms with Crippen molar-refractivity contribution in [3.8, 4) is 0 Å². The Bertz CT molecular complexity index is 627. The molecule has 0 aromatic carbocycles. The zero-order valence-electron chi connectivity index (χ0n) is 17.0. The molecule has 8 heteroatoms. The second kappa shape index (κ2) is 5.64. The quantitative estimate of drug-likeness (QED) is 0.690. The van der Waals surface area contributed by atoms with Crippen LogP contribution in [0.25, 0.3) is 0 Å². The summed E-state index contributed by atoms with van der Waals surface area (Å²) in [6.45, 7) is 13.9. The molecule has 0 aromatic heterocycles. The van der Waals surface area contributed by atoms with Gasteiger partial charge >= 0.3 is 11.9 Å². The summed E-state index contributed by atoms with van der Waals surface area (Å²) in [6.07, 6.45) is 0.386. The highest BCUT2D eigenvalue weighted by atomic mass is 16.7. The van der Waals surface area contributed by atoms with E-state index in [2.05, 4.69) is 0 Å². The number of nitrogens with zero attached hydrogens (tertiary/aromatic N) is 2. The van der Waals surface area contributed by atoms with Gasteiger partial charge in [-0.15, -0.1) is 0 Å². The van der Waals surface area contributed by atoms with Crippen LogP contribution >= 0.6 is 0 Å². The molecule has 0 amide bonds. The zero-order chi connectivity index (χ0) is 20.5. The average Bonchev–Trinajstić information content (AvgIpc) is 2.71. The van der Waals surface area contributed by atoms with E-state index >= 15 is 0 Å². The van der Waals surface area contributed by atoms with Crippen LogP contribution in [0.15, 0.2) is 0 Å². The Hall–Kier alpha value is -1.22. The van der Waals surface area contributed by atoms with Crippen molar-refractivity contribution in [2.45, 2.75) is 96.0 Å². The Kier molecular flexibility index (Phi) is 4.57. The standard InChI is InChI=1S/C18H32N2O6/c1-14(2)9-11(12(21)22)16(5,6)20(14)26-18(13(23)24)10-15(3,4)19(25)17(18,7)8/h11,25H,9-10H2,1-8H3,(H,21,22)(H,23,24). The SMILES string of the molecule is CC1(C)CC(C(=O)O)C(C)(C)N1OC1(C(=O)O)CC(C)(C)N(O)C1(C)C. The maximum Gasteiger partial charge on any atom is 0.340 e. The number of hydrogen-bond acceptors (Lipinski definition) is 6. The fourth-order valence-electron chi connectivity index (χ4n) is 4.89. The first-order chi connectivity index (χ1) is 11.4. The molecule has 2 aliphatic heterocycles. The first-order valence-electron chi connectivity index (χ1n) is 8.88. The summed E-state index contributed by atoms with van der Waals surface area (Å²) in [5.41, 5.74) is -5.37. The number of hydrogen-bond donors (Lipinski definition) is 3. The Labute approximate surface area is 154 Å². The van der Waals surface area contributed by atoms with Crippen LogP contribution in [0, 0.1) is 5.92 Å². The maximum atomic E-state index is 12.4. The smallest absolute Gasteiger partial charge is 0.340 e. The van der Waals surface area contributed by atoms with Gasteiger partial charge in [0.25, 0.3) is 0 Å². The van der Waals surface area contributed by atoms with Gasteiger partial charge in [-0.05, 0) is 61.8 Å². The predicted octanol–water partition coefficient (Wildman–Crippen LogP) is 2.36. The Morgan fingerprint density at radius 3 is 1.77 bits per heavy atom. The van der Waals surface area contributed by atoms with Crippen molar-refractivity contribution >= 4 is 11.9 Å². The van der Waals surface area contributed by atoms with E-state index in [0.29, 0.717) is 6.42 Å².